The fourth-order valence-corrected chi connectivity index (χ4v) is 4.48. The minimum Gasteiger partial charge on any atom is -0.337 e. The number of aryl methyl sites for hydroxylation is 2. The number of carbonyl (C=O) groups is 1. The van der Waals surface area contributed by atoms with E-state index in [1.807, 2.05) is 52.3 Å². The molecule has 29 heavy (non-hydrogen) atoms. The number of aromatic nitrogens is 3. The van der Waals surface area contributed by atoms with Crippen molar-refractivity contribution in [3.05, 3.63) is 58.9 Å². The van der Waals surface area contributed by atoms with Gasteiger partial charge in [-0.05, 0) is 32.4 Å². The molecule has 1 amide bonds. The van der Waals surface area contributed by atoms with Crippen LogP contribution in [-0.4, -0.2) is 56.7 Å². The van der Waals surface area contributed by atoms with Gasteiger partial charge in [0.05, 0.1) is 6.20 Å². The molecule has 0 spiro atoms. The maximum atomic E-state index is 13.0. The molecule has 1 aliphatic heterocycles. The Morgan fingerprint density at radius 2 is 1.97 bits per heavy atom. The summed E-state index contributed by atoms with van der Waals surface area (Å²) in [7, 11) is 0. The molecule has 1 fully saturated rings. The SMILES string of the molecule is CCn1cc(CN2CCCN(C(=O)c3ccc(-c4nc(C)cs4)cc3)CC2)cn1. The molecule has 2 aromatic heterocycles. The number of benzene rings is 1. The minimum absolute atomic E-state index is 0.118. The van der Waals surface area contributed by atoms with Crippen molar-refractivity contribution in [1.29, 1.82) is 0 Å². The van der Waals surface area contributed by atoms with Crippen molar-refractivity contribution in [3.63, 3.8) is 0 Å². The van der Waals surface area contributed by atoms with E-state index in [1.165, 1.54) is 5.56 Å². The highest BCUT2D eigenvalue weighted by atomic mass is 32.1. The predicted octanol–water partition coefficient (Wildman–Crippen LogP) is 3.68. The molecule has 0 radical (unpaired) electrons. The number of nitrogens with zero attached hydrogens (tertiary/aromatic N) is 5. The van der Waals surface area contributed by atoms with E-state index in [-0.39, 0.29) is 5.91 Å². The summed E-state index contributed by atoms with van der Waals surface area (Å²) in [4.78, 5) is 21.9. The lowest BCUT2D eigenvalue weighted by molar-refractivity contribution is 0.0761. The summed E-state index contributed by atoms with van der Waals surface area (Å²) in [6.45, 7) is 9.33. The van der Waals surface area contributed by atoms with Crippen LogP contribution in [0.15, 0.2) is 42.0 Å². The molecule has 0 saturated carbocycles. The van der Waals surface area contributed by atoms with Crippen molar-refractivity contribution < 1.29 is 4.79 Å². The Hall–Kier alpha value is -2.51. The van der Waals surface area contributed by atoms with Gasteiger partial charge in [-0.15, -0.1) is 11.3 Å². The Kier molecular flexibility index (Phi) is 6.06. The van der Waals surface area contributed by atoms with Gasteiger partial charge in [0.1, 0.15) is 5.01 Å². The first-order valence-electron chi connectivity index (χ1n) is 10.2. The van der Waals surface area contributed by atoms with Crippen LogP contribution >= 0.6 is 11.3 Å². The third-order valence-corrected chi connectivity index (χ3v) is 6.30. The molecule has 4 rings (SSSR count). The van der Waals surface area contributed by atoms with Gasteiger partial charge in [-0.3, -0.25) is 14.4 Å². The zero-order valence-electron chi connectivity index (χ0n) is 17.0. The van der Waals surface area contributed by atoms with E-state index >= 15 is 0 Å². The lowest BCUT2D eigenvalue weighted by Gasteiger charge is -2.22. The second-order valence-electron chi connectivity index (χ2n) is 7.50. The summed E-state index contributed by atoms with van der Waals surface area (Å²) in [6, 6.07) is 7.86. The average Bonchev–Trinajstić information content (AvgIpc) is 3.31. The highest BCUT2D eigenvalue weighted by Crippen LogP contribution is 2.24. The van der Waals surface area contributed by atoms with E-state index in [4.69, 9.17) is 0 Å². The average molecular weight is 410 g/mol. The topological polar surface area (TPSA) is 54.3 Å². The van der Waals surface area contributed by atoms with E-state index in [0.29, 0.717) is 0 Å². The summed E-state index contributed by atoms with van der Waals surface area (Å²) in [5.74, 6) is 0.118. The van der Waals surface area contributed by atoms with Crippen LogP contribution in [0.4, 0.5) is 0 Å². The first-order valence-corrected chi connectivity index (χ1v) is 11.1. The maximum absolute atomic E-state index is 13.0. The van der Waals surface area contributed by atoms with Gasteiger partial charge >= 0.3 is 0 Å². The zero-order valence-corrected chi connectivity index (χ0v) is 17.9. The van der Waals surface area contributed by atoms with Gasteiger partial charge < -0.3 is 4.90 Å². The second-order valence-corrected chi connectivity index (χ2v) is 8.36. The molecule has 0 aliphatic carbocycles. The van der Waals surface area contributed by atoms with Crippen molar-refractivity contribution in [1.82, 2.24) is 24.6 Å². The van der Waals surface area contributed by atoms with Gasteiger partial charge in [-0.1, -0.05) is 12.1 Å². The first-order chi connectivity index (χ1) is 14.1. The molecule has 7 heteroatoms. The Bertz CT molecular complexity index is 962. The maximum Gasteiger partial charge on any atom is 0.253 e. The molecule has 3 aromatic rings. The number of hydrogen-bond acceptors (Lipinski definition) is 5. The second kappa shape index (κ2) is 8.88. The molecule has 152 valence electrons. The lowest BCUT2D eigenvalue weighted by atomic mass is 10.1. The number of rotatable bonds is 5. The van der Waals surface area contributed by atoms with E-state index < -0.39 is 0 Å². The molecule has 0 atom stereocenters. The van der Waals surface area contributed by atoms with Gasteiger partial charge in [0.15, 0.2) is 0 Å². The Labute approximate surface area is 175 Å². The fraction of sp³-hybridized carbons (Fsp3) is 0.409. The van der Waals surface area contributed by atoms with Crippen molar-refractivity contribution in [2.24, 2.45) is 0 Å². The van der Waals surface area contributed by atoms with Crippen LogP contribution in [0.5, 0.6) is 0 Å². The molecule has 3 heterocycles. The summed E-state index contributed by atoms with van der Waals surface area (Å²) < 4.78 is 1.96. The largest absolute Gasteiger partial charge is 0.337 e. The number of amides is 1. The van der Waals surface area contributed by atoms with Gasteiger partial charge in [-0.25, -0.2) is 4.98 Å². The zero-order chi connectivity index (χ0) is 20.2. The van der Waals surface area contributed by atoms with Crippen LogP contribution in [0.25, 0.3) is 10.6 Å². The van der Waals surface area contributed by atoms with Crippen LogP contribution in [0.2, 0.25) is 0 Å². The molecule has 0 N–H and O–H groups in total. The molecule has 0 unspecified atom stereocenters. The molecule has 6 nitrogen and oxygen atoms in total. The lowest BCUT2D eigenvalue weighted by Crippen LogP contribution is -2.35. The van der Waals surface area contributed by atoms with E-state index in [0.717, 1.165) is 67.5 Å². The Morgan fingerprint density at radius 3 is 2.66 bits per heavy atom. The third-order valence-electron chi connectivity index (χ3n) is 5.29. The molecule has 0 bridgehead atoms. The number of hydrogen-bond donors (Lipinski definition) is 0. The van der Waals surface area contributed by atoms with Crippen molar-refractivity contribution in [3.8, 4) is 10.6 Å². The summed E-state index contributed by atoms with van der Waals surface area (Å²) in [5, 5.41) is 7.40. The molecule has 1 aromatic carbocycles. The van der Waals surface area contributed by atoms with Crippen LogP contribution in [0.1, 0.15) is 35.0 Å². The van der Waals surface area contributed by atoms with E-state index in [1.54, 1.807) is 11.3 Å². The van der Waals surface area contributed by atoms with Crippen molar-refractivity contribution >= 4 is 17.2 Å². The predicted molar refractivity (Wildman–Crippen MR) is 116 cm³/mol. The fourth-order valence-electron chi connectivity index (χ4n) is 3.68. The summed E-state index contributed by atoms with van der Waals surface area (Å²) >= 11 is 1.63. The summed E-state index contributed by atoms with van der Waals surface area (Å²) in [6.07, 6.45) is 5.05. The van der Waals surface area contributed by atoms with E-state index in [9.17, 15) is 4.79 Å². The smallest absolute Gasteiger partial charge is 0.253 e. The Morgan fingerprint density at radius 1 is 1.14 bits per heavy atom. The third kappa shape index (κ3) is 4.74. The standard InChI is InChI=1S/C22H27N5OS/c1-3-27-15-18(13-23-27)14-25-9-4-10-26(12-11-25)22(28)20-7-5-19(6-8-20)21-24-17(2)16-29-21/h5-8,13,15-16H,3-4,9-12,14H2,1-2H3. The summed E-state index contributed by atoms with van der Waals surface area (Å²) in [5.41, 5.74) is 4.08. The number of thiazole rings is 1. The Balaban J connectivity index is 1.36. The highest BCUT2D eigenvalue weighted by Gasteiger charge is 2.21. The number of carbonyl (C=O) groups excluding carboxylic acids is 1. The van der Waals surface area contributed by atoms with Crippen LogP contribution in [0.3, 0.4) is 0 Å². The highest BCUT2D eigenvalue weighted by molar-refractivity contribution is 7.13. The molecule has 1 saturated heterocycles. The monoisotopic (exact) mass is 409 g/mol. The van der Waals surface area contributed by atoms with Crippen molar-refractivity contribution in [2.75, 3.05) is 26.2 Å². The quantitative estimate of drug-likeness (QED) is 0.645. The van der Waals surface area contributed by atoms with Crippen molar-refractivity contribution in [2.45, 2.75) is 33.4 Å². The van der Waals surface area contributed by atoms with E-state index in [2.05, 4.69) is 28.1 Å². The minimum atomic E-state index is 0.118. The molecular formula is C22H27N5OS. The normalized spacial score (nSPS) is 15.4. The first kappa shape index (κ1) is 19.8. The van der Waals surface area contributed by atoms with Gasteiger partial charge in [0, 0.05) is 73.2 Å². The van der Waals surface area contributed by atoms with Crippen LogP contribution in [0, 0.1) is 6.92 Å². The van der Waals surface area contributed by atoms with Gasteiger partial charge in [0.2, 0.25) is 0 Å². The molecular weight excluding hydrogens is 382 g/mol. The van der Waals surface area contributed by atoms with Crippen LogP contribution < -0.4 is 0 Å². The van der Waals surface area contributed by atoms with Gasteiger partial charge in [0.25, 0.3) is 5.91 Å². The molecule has 1 aliphatic rings. The van der Waals surface area contributed by atoms with Crippen LogP contribution in [-0.2, 0) is 13.1 Å². The van der Waals surface area contributed by atoms with Gasteiger partial charge in [-0.2, -0.15) is 5.10 Å².